The van der Waals surface area contributed by atoms with Crippen LogP contribution >= 0.6 is 11.8 Å². The lowest BCUT2D eigenvalue weighted by molar-refractivity contribution is -0.152. The predicted octanol–water partition coefficient (Wildman–Crippen LogP) is 1.75. The second-order valence-corrected chi connectivity index (χ2v) is 36.8. The van der Waals surface area contributed by atoms with Gasteiger partial charge >= 0.3 is 5.97 Å². The number of carbonyl (C=O) groups excluding carboxylic acids is 15. The Bertz CT molecular complexity index is 5530. The Morgan fingerprint density at radius 2 is 0.957 bits per heavy atom. The smallest absolute Gasteiger partial charge is 0.305 e. The Balaban J connectivity index is 1.07. The molecule has 15 amide bonds. The zero-order valence-corrected chi connectivity index (χ0v) is 78.4. The number of fused-ring (bicyclic) bond motifs is 3. The van der Waals surface area contributed by atoms with Crippen LogP contribution in [0.1, 0.15) is 113 Å². The predicted molar refractivity (Wildman–Crippen MR) is 499 cm³/mol. The molecule has 37 nitrogen and oxygen atoms in total. The van der Waals surface area contributed by atoms with E-state index in [0.29, 0.717) is 69.0 Å². The SMILES string of the molecule is CCCC[C@H]1C(=O)N2C[C@H](O)C[C@@H]2C(=O)N[C@@H](CC(=O)O)C(=O)N[C@@H](C(C)C)C(=O)N(C)[C@H](Cc2ccccc2)C(=O)N[C@@H](Cc2ccc(O)cc2)C(=O)N2C[C@@H](O)C[C@@H]2C(=O)N[C@@H](Cc2c[nH]c3ccccc23)C(=O)N[C@@H](Cc2ccc(O)cc2)C(=O)N[C@H](CC(C)C)C(=O)N[C@H](C(=O)NCC(N)=O)CSCC(=O)N[C@H](Cc2cc(F)c(F)c(F)c2)C(=O)N(C)[C@@H](Cc2ccccc2)C(=O)N1C. The molecule has 3 aliphatic rings. The summed E-state index contributed by atoms with van der Waals surface area (Å²) in [4.78, 5) is 247. The van der Waals surface area contributed by atoms with Gasteiger partial charge < -0.3 is 109 Å². The molecule has 3 fully saturated rings. The largest absolute Gasteiger partial charge is 0.508 e. The van der Waals surface area contributed by atoms with Crippen LogP contribution in [0.5, 0.6) is 11.5 Å². The summed E-state index contributed by atoms with van der Waals surface area (Å²) in [6, 6.07) is 13.2. The Labute approximate surface area is 798 Å². The number of hydrogen-bond acceptors (Lipinski definition) is 21. The molecule has 10 rings (SSSR count). The molecule has 1 aromatic heterocycles. The minimum Gasteiger partial charge on any atom is -0.508 e. The highest BCUT2D eigenvalue weighted by molar-refractivity contribution is 8.00. The summed E-state index contributed by atoms with van der Waals surface area (Å²) in [6.07, 6.45) is -5.72. The summed E-state index contributed by atoms with van der Waals surface area (Å²) in [6.45, 7) is 6.26. The van der Waals surface area contributed by atoms with Gasteiger partial charge in [0.2, 0.25) is 88.6 Å². The van der Waals surface area contributed by atoms with E-state index in [1.807, 2.05) is 0 Å². The molecule has 740 valence electrons. The third-order valence-electron chi connectivity index (χ3n) is 24.4. The minimum atomic E-state index is -2.06. The van der Waals surface area contributed by atoms with Crippen LogP contribution in [0.25, 0.3) is 10.9 Å². The van der Waals surface area contributed by atoms with Gasteiger partial charge in [0.1, 0.15) is 90.0 Å². The number of hydrogen-bond donors (Lipinski definition) is 16. The molecule has 17 N–H and O–H groups in total. The summed E-state index contributed by atoms with van der Waals surface area (Å²) >= 11 is 0.650. The number of aliphatic hydroxyl groups is 2. The van der Waals surface area contributed by atoms with E-state index in [-0.39, 0.29) is 68.4 Å². The number of phenols is 2. The molecule has 0 spiro atoms. The van der Waals surface area contributed by atoms with E-state index in [4.69, 9.17) is 5.73 Å². The minimum absolute atomic E-state index is 0.141. The van der Waals surface area contributed by atoms with E-state index in [0.717, 1.165) is 31.5 Å². The Morgan fingerprint density at radius 3 is 1.51 bits per heavy atom. The molecular formula is C97H119F3N16O21S. The number of carboxylic acids is 1. The van der Waals surface area contributed by atoms with Crippen molar-refractivity contribution in [1.82, 2.24) is 77.3 Å². The average molecular weight is 1930 g/mol. The third kappa shape index (κ3) is 28.8. The number of H-pyrrole nitrogens is 1. The van der Waals surface area contributed by atoms with E-state index < -0.39 is 271 Å². The standard InChI is InChI=1S/C97H119F3N16O21S/c1-9-10-25-75-96(136)116-49-63(120)44-78(116)92(132)108-71(45-82(123)124)89(129)111-84(53(4)5)97(137)113(7)76(40-54-19-13-11-14-20-54)90(130)109-73(38-57-28-32-61(118)33-29-57)94(134)115-48-62(119)43-77(115)91(131)107-70(42-59-46-102-67-24-18-17-23-64(59)67)88(128)106-69(37-56-26-30-60(117)31-27-56)87(127)105-68(34-52(2)3)86(126)110-74(85(125)103-47-80(101)121)50-138-51-81(122)104-72(39-58-35-65(98)83(100)66(99)36-58)93(133)114(8)79(95(135)112(75)6)41-55-21-15-12-16-22-55/h11-24,26-33,35-36,46,52-53,62-63,68-79,84,102,117-120H,9-10,25,34,37-45,47-51H2,1-8H3,(H2,101,121)(H,103,125)(H,104,122)(H,105,127)(H,106,128)(H,107,131)(H,108,132)(H,109,130)(H,110,126)(H,111,129)(H,123,124)/t62-,63+,68+,69-,70-,71-,72+,73-,74-,75-,76+,77+,78+,79-,84-/m0/s1. The number of aliphatic hydroxyl groups excluding tert-OH is 2. The number of benzene rings is 6. The van der Waals surface area contributed by atoms with Gasteiger partial charge in [0.25, 0.3) is 0 Å². The molecule has 4 heterocycles. The third-order valence-corrected chi connectivity index (χ3v) is 25.5. The van der Waals surface area contributed by atoms with Crippen molar-refractivity contribution in [3.05, 3.63) is 203 Å². The van der Waals surface area contributed by atoms with Gasteiger partial charge in [-0.05, 0) is 101 Å². The van der Waals surface area contributed by atoms with E-state index in [1.54, 1.807) is 112 Å². The number of nitrogens with zero attached hydrogens (tertiary/aromatic N) is 5. The molecule has 0 aliphatic carbocycles. The molecule has 7 aromatic rings. The average Bonchev–Trinajstić information content (AvgIpc) is 1.62. The van der Waals surface area contributed by atoms with Crippen LogP contribution in [0, 0.1) is 29.3 Å². The Morgan fingerprint density at radius 1 is 0.493 bits per heavy atom. The number of halogens is 3. The van der Waals surface area contributed by atoms with Gasteiger partial charge in [0.15, 0.2) is 17.5 Å². The van der Waals surface area contributed by atoms with Crippen LogP contribution in [0.3, 0.4) is 0 Å². The number of thioether (sulfide) groups is 1. The molecule has 6 aromatic carbocycles. The van der Waals surface area contributed by atoms with Gasteiger partial charge in [0, 0.05) is 108 Å². The first-order valence-corrected chi connectivity index (χ1v) is 46.6. The number of phenolic OH excluding ortho intramolecular Hbond substituents is 2. The molecule has 0 saturated carbocycles. The number of nitrogens with two attached hydrogens (primary N) is 1. The number of carboxylic acid groups (broad SMARTS) is 1. The van der Waals surface area contributed by atoms with Crippen molar-refractivity contribution in [2.75, 3.05) is 52.3 Å². The van der Waals surface area contributed by atoms with Crippen LogP contribution in [-0.4, -0.2) is 293 Å². The molecule has 3 aliphatic heterocycles. The quantitative estimate of drug-likeness (QED) is 0.0406. The van der Waals surface area contributed by atoms with Gasteiger partial charge in [-0.1, -0.05) is 151 Å². The first kappa shape index (κ1) is 106. The van der Waals surface area contributed by atoms with Gasteiger partial charge in [-0.3, -0.25) is 76.7 Å². The fourth-order valence-corrected chi connectivity index (χ4v) is 17.9. The van der Waals surface area contributed by atoms with Gasteiger partial charge in [-0.25, -0.2) is 13.2 Å². The van der Waals surface area contributed by atoms with Crippen LogP contribution in [0.4, 0.5) is 13.2 Å². The Hall–Kier alpha value is -14.0. The van der Waals surface area contributed by atoms with Crippen LogP contribution in [0.2, 0.25) is 0 Å². The molecular weight excluding hydrogens is 1810 g/mol. The summed E-state index contributed by atoms with van der Waals surface area (Å²) in [5.41, 5.74) is 7.64. The lowest BCUT2D eigenvalue weighted by Crippen LogP contribution is -2.62. The molecule has 138 heavy (non-hydrogen) atoms. The number of aliphatic carboxylic acids is 1. The number of carbonyl (C=O) groups is 16. The number of rotatable bonds is 23. The van der Waals surface area contributed by atoms with Crippen molar-refractivity contribution in [3.63, 3.8) is 0 Å². The molecule has 0 radical (unpaired) electrons. The summed E-state index contributed by atoms with van der Waals surface area (Å²) in [5, 5.41) is 78.4. The molecule has 0 bridgehead atoms. The number of aromatic nitrogens is 1. The van der Waals surface area contributed by atoms with Gasteiger partial charge in [0.05, 0.1) is 30.9 Å². The van der Waals surface area contributed by atoms with Crippen molar-refractivity contribution in [2.45, 2.75) is 209 Å². The molecule has 15 atom stereocenters. The number of amides is 15. The zero-order valence-electron chi connectivity index (χ0n) is 77.6. The lowest BCUT2D eigenvalue weighted by atomic mass is 9.98. The van der Waals surface area contributed by atoms with E-state index in [1.165, 1.54) is 76.5 Å². The first-order chi connectivity index (χ1) is 65.6. The maximum Gasteiger partial charge on any atom is 0.305 e. The van der Waals surface area contributed by atoms with Gasteiger partial charge in [-0.2, -0.15) is 0 Å². The fraction of sp³-hybridized carbons (Fsp3) is 0.443. The summed E-state index contributed by atoms with van der Waals surface area (Å²) in [7, 11) is 3.62. The molecule has 41 heteroatoms. The second kappa shape index (κ2) is 49.2. The van der Waals surface area contributed by atoms with Gasteiger partial charge in [-0.15, -0.1) is 11.8 Å². The van der Waals surface area contributed by atoms with Crippen LogP contribution in [0.15, 0.2) is 152 Å². The maximum atomic E-state index is 15.8. The zero-order chi connectivity index (χ0) is 101. The van der Waals surface area contributed by atoms with Crippen LogP contribution in [-0.2, 0) is 115 Å². The molecule has 0 unspecified atom stereocenters. The van der Waals surface area contributed by atoms with E-state index >= 15 is 56.7 Å². The van der Waals surface area contributed by atoms with E-state index in [9.17, 15) is 58.7 Å². The van der Waals surface area contributed by atoms with Crippen molar-refractivity contribution in [3.8, 4) is 11.5 Å². The number of aromatic hydroxyl groups is 2. The maximum absolute atomic E-state index is 15.8. The monoisotopic (exact) mass is 1930 g/mol. The first-order valence-electron chi connectivity index (χ1n) is 45.4. The highest BCUT2D eigenvalue weighted by atomic mass is 32.2. The number of primary amides is 1. The van der Waals surface area contributed by atoms with Crippen molar-refractivity contribution < 1.29 is 115 Å². The number of para-hydroxylation sites is 1. The second-order valence-electron chi connectivity index (χ2n) is 35.7. The van der Waals surface area contributed by atoms with Crippen molar-refractivity contribution in [2.24, 2.45) is 17.6 Å². The number of nitrogens with one attached hydrogen (secondary N) is 10. The summed E-state index contributed by atoms with van der Waals surface area (Å²) < 4.78 is 45.2. The van der Waals surface area contributed by atoms with E-state index in [2.05, 4.69) is 52.8 Å². The highest BCUT2D eigenvalue weighted by Crippen LogP contribution is 2.30. The number of aromatic amines is 1. The summed E-state index contributed by atoms with van der Waals surface area (Å²) in [5.74, 6) is -25.6. The Kier molecular flexibility index (Phi) is 37.8. The number of unbranched alkanes of at least 4 members (excludes halogenated alkanes) is 1. The fourth-order valence-electron chi connectivity index (χ4n) is 17.0. The molecule has 3 saturated heterocycles. The van der Waals surface area contributed by atoms with Crippen molar-refractivity contribution in [1.29, 1.82) is 0 Å². The number of likely N-dealkylation sites (N-methyl/N-ethyl adjacent to an activating group) is 3. The topological polar surface area (TPSA) is 541 Å². The highest BCUT2D eigenvalue weighted by Gasteiger charge is 2.49. The normalized spacial score (nSPS) is 24.2. The van der Waals surface area contributed by atoms with Crippen LogP contribution < -0.4 is 53.6 Å². The lowest BCUT2D eigenvalue weighted by Gasteiger charge is -2.38. The van der Waals surface area contributed by atoms with Crippen molar-refractivity contribution >= 4 is 117 Å².